The van der Waals surface area contributed by atoms with E-state index in [1.807, 2.05) is 0 Å². The molecule has 94 valence electrons. The van der Waals surface area contributed by atoms with E-state index < -0.39 is 5.82 Å². The highest BCUT2D eigenvalue weighted by Crippen LogP contribution is 2.29. The zero-order valence-electron chi connectivity index (χ0n) is 9.80. The summed E-state index contributed by atoms with van der Waals surface area (Å²) in [6.07, 6.45) is 0. The van der Waals surface area contributed by atoms with Crippen LogP contribution in [0, 0.1) is 5.82 Å². The van der Waals surface area contributed by atoms with E-state index in [-0.39, 0.29) is 5.75 Å². The molecule has 17 heavy (non-hydrogen) atoms. The molecule has 0 aromatic heterocycles. The lowest BCUT2D eigenvalue weighted by molar-refractivity contribution is 0.233. The minimum atomic E-state index is -0.398. The Morgan fingerprint density at radius 3 is 2.71 bits per heavy atom. The third kappa shape index (κ3) is 3.09. The van der Waals surface area contributed by atoms with Crippen LogP contribution in [0.5, 0.6) is 5.75 Å². The summed E-state index contributed by atoms with van der Waals surface area (Å²) in [4.78, 5) is 2.27. The van der Waals surface area contributed by atoms with Crippen LogP contribution in [-0.2, 0) is 6.54 Å². The van der Waals surface area contributed by atoms with Crippen molar-refractivity contribution in [3.63, 3.8) is 0 Å². The van der Waals surface area contributed by atoms with Crippen molar-refractivity contribution in [3.8, 4) is 5.75 Å². The maximum atomic E-state index is 13.6. The highest BCUT2D eigenvalue weighted by molar-refractivity contribution is 6.32. The summed E-state index contributed by atoms with van der Waals surface area (Å²) in [5.74, 6) is -0.277. The van der Waals surface area contributed by atoms with Crippen LogP contribution in [0.15, 0.2) is 12.1 Å². The molecule has 1 heterocycles. The van der Waals surface area contributed by atoms with Crippen molar-refractivity contribution in [1.29, 1.82) is 0 Å². The van der Waals surface area contributed by atoms with Gasteiger partial charge in [0.1, 0.15) is 0 Å². The molecule has 1 aromatic rings. The molecule has 1 aromatic carbocycles. The minimum absolute atomic E-state index is 0.121. The minimum Gasteiger partial charge on any atom is -0.492 e. The van der Waals surface area contributed by atoms with Crippen LogP contribution >= 0.6 is 11.6 Å². The number of piperazine rings is 1. The van der Waals surface area contributed by atoms with Gasteiger partial charge in [0.05, 0.1) is 12.1 Å². The Morgan fingerprint density at radius 2 is 2.12 bits per heavy atom. The van der Waals surface area contributed by atoms with Crippen molar-refractivity contribution >= 4 is 11.6 Å². The normalized spacial score (nSPS) is 17.1. The number of hydrogen-bond acceptors (Lipinski definition) is 3. The molecule has 2 rings (SSSR count). The van der Waals surface area contributed by atoms with Gasteiger partial charge < -0.3 is 10.1 Å². The van der Waals surface area contributed by atoms with Gasteiger partial charge in [-0.1, -0.05) is 11.6 Å². The molecule has 0 saturated carbocycles. The van der Waals surface area contributed by atoms with Crippen LogP contribution in [0.25, 0.3) is 0 Å². The largest absolute Gasteiger partial charge is 0.492 e. The van der Waals surface area contributed by atoms with Crippen molar-refractivity contribution in [2.75, 3.05) is 33.3 Å². The van der Waals surface area contributed by atoms with E-state index in [9.17, 15) is 4.39 Å². The number of halogens is 2. The average Bonchev–Trinajstić information content (AvgIpc) is 2.30. The maximum Gasteiger partial charge on any atom is 0.173 e. The van der Waals surface area contributed by atoms with E-state index in [2.05, 4.69) is 10.2 Å². The van der Waals surface area contributed by atoms with Gasteiger partial charge in [0, 0.05) is 32.7 Å². The second-order valence-electron chi connectivity index (χ2n) is 4.12. The molecular weight excluding hydrogens is 243 g/mol. The lowest BCUT2D eigenvalue weighted by atomic mass is 10.2. The second-order valence-corrected chi connectivity index (χ2v) is 4.53. The Labute approximate surface area is 106 Å². The molecule has 0 amide bonds. The van der Waals surface area contributed by atoms with Crippen molar-refractivity contribution in [3.05, 3.63) is 28.5 Å². The Balaban J connectivity index is 2.10. The predicted molar refractivity (Wildman–Crippen MR) is 66.1 cm³/mol. The monoisotopic (exact) mass is 258 g/mol. The summed E-state index contributed by atoms with van der Waals surface area (Å²) in [5.41, 5.74) is 0.884. The molecule has 3 nitrogen and oxygen atoms in total. The number of rotatable bonds is 3. The fraction of sp³-hybridized carbons (Fsp3) is 0.500. The van der Waals surface area contributed by atoms with Crippen molar-refractivity contribution in [1.82, 2.24) is 10.2 Å². The molecule has 1 saturated heterocycles. The van der Waals surface area contributed by atoms with Crippen LogP contribution in [-0.4, -0.2) is 38.2 Å². The Bertz CT molecular complexity index is 371. The first-order valence-electron chi connectivity index (χ1n) is 5.65. The first kappa shape index (κ1) is 12.6. The maximum absolute atomic E-state index is 13.6. The predicted octanol–water partition coefficient (Wildman–Crippen LogP) is 1.89. The summed E-state index contributed by atoms with van der Waals surface area (Å²) >= 11 is 5.96. The summed E-state index contributed by atoms with van der Waals surface area (Å²) in [6.45, 7) is 4.64. The number of hydrogen-bond donors (Lipinski definition) is 1. The molecular formula is C12H16ClFN2O. The summed E-state index contributed by atoms with van der Waals surface area (Å²) in [6, 6.07) is 3.26. The van der Waals surface area contributed by atoms with Gasteiger partial charge in [0.25, 0.3) is 0 Å². The molecule has 0 bridgehead atoms. The van der Waals surface area contributed by atoms with E-state index in [4.69, 9.17) is 16.3 Å². The molecule has 1 N–H and O–H groups in total. The van der Waals surface area contributed by atoms with E-state index in [0.29, 0.717) is 5.02 Å². The molecule has 0 radical (unpaired) electrons. The molecule has 1 aliphatic rings. The van der Waals surface area contributed by atoms with Gasteiger partial charge in [-0.15, -0.1) is 0 Å². The van der Waals surface area contributed by atoms with Gasteiger partial charge in [-0.25, -0.2) is 4.39 Å². The molecule has 0 aliphatic carbocycles. The SMILES string of the molecule is COc1c(F)cc(CN2CCNCC2)cc1Cl. The van der Waals surface area contributed by atoms with Crippen LogP contribution in [0.2, 0.25) is 5.02 Å². The number of nitrogens with zero attached hydrogens (tertiary/aromatic N) is 1. The molecule has 1 fully saturated rings. The number of nitrogens with one attached hydrogen (secondary N) is 1. The number of methoxy groups -OCH3 is 1. The third-order valence-corrected chi connectivity index (χ3v) is 3.16. The van der Waals surface area contributed by atoms with Crippen molar-refractivity contribution in [2.45, 2.75) is 6.54 Å². The molecule has 0 atom stereocenters. The Kier molecular flexibility index (Phi) is 4.20. The van der Waals surface area contributed by atoms with Gasteiger partial charge in [0.15, 0.2) is 11.6 Å². The molecule has 5 heteroatoms. The smallest absolute Gasteiger partial charge is 0.173 e. The Hall–Kier alpha value is -0.840. The van der Waals surface area contributed by atoms with Crippen molar-refractivity contribution < 1.29 is 9.13 Å². The summed E-state index contributed by atoms with van der Waals surface area (Å²) in [7, 11) is 1.42. The highest BCUT2D eigenvalue weighted by atomic mass is 35.5. The summed E-state index contributed by atoms with van der Waals surface area (Å²) in [5, 5.41) is 3.61. The highest BCUT2D eigenvalue weighted by Gasteiger charge is 2.14. The zero-order chi connectivity index (χ0) is 12.3. The number of ether oxygens (including phenoxy) is 1. The lowest BCUT2D eigenvalue weighted by Gasteiger charge is -2.27. The van der Waals surface area contributed by atoms with Crippen LogP contribution < -0.4 is 10.1 Å². The summed E-state index contributed by atoms with van der Waals surface area (Å²) < 4.78 is 18.5. The third-order valence-electron chi connectivity index (χ3n) is 2.88. The molecule has 1 aliphatic heterocycles. The van der Waals surface area contributed by atoms with Gasteiger partial charge in [-0.05, 0) is 17.7 Å². The van der Waals surface area contributed by atoms with E-state index >= 15 is 0 Å². The van der Waals surface area contributed by atoms with Crippen LogP contribution in [0.3, 0.4) is 0 Å². The van der Waals surface area contributed by atoms with Gasteiger partial charge in [-0.3, -0.25) is 4.90 Å². The topological polar surface area (TPSA) is 24.5 Å². The van der Waals surface area contributed by atoms with Gasteiger partial charge >= 0.3 is 0 Å². The van der Waals surface area contributed by atoms with E-state index in [1.54, 1.807) is 6.07 Å². The first-order valence-corrected chi connectivity index (χ1v) is 6.03. The Morgan fingerprint density at radius 1 is 1.41 bits per heavy atom. The van der Waals surface area contributed by atoms with Gasteiger partial charge in [0.2, 0.25) is 0 Å². The van der Waals surface area contributed by atoms with Crippen LogP contribution in [0.1, 0.15) is 5.56 Å². The quantitative estimate of drug-likeness (QED) is 0.896. The van der Waals surface area contributed by atoms with E-state index in [1.165, 1.54) is 13.2 Å². The van der Waals surface area contributed by atoms with Gasteiger partial charge in [-0.2, -0.15) is 0 Å². The van der Waals surface area contributed by atoms with Crippen LogP contribution in [0.4, 0.5) is 4.39 Å². The fourth-order valence-electron chi connectivity index (χ4n) is 2.03. The lowest BCUT2D eigenvalue weighted by Crippen LogP contribution is -2.42. The van der Waals surface area contributed by atoms with E-state index in [0.717, 1.165) is 38.3 Å². The first-order chi connectivity index (χ1) is 8.20. The fourth-order valence-corrected chi connectivity index (χ4v) is 2.33. The molecule has 0 unspecified atom stereocenters. The van der Waals surface area contributed by atoms with Crippen molar-refractivity contribution in [2.24, 2.45) is 0 Å². The zero-order valence-corrected chi connectivity index (χ0v) is 10.6. The second kappa shape index (κ2) is 5.67. The molecule has 0 spiro atoms. The standard InChI is InChI=1S/C12H16ClFN2O/c1-17-12-10(13)6-9(7-11(12)14)8-16-4-2-15-3-5-16/h6-7,15H,2-5,8H2,1H3. The number of benzene rings is 1. The average molecular weight is 259 g/mol.